The molecule has 2 aromatic rings. The summed E-state index contributed by atoms with van der Waals surface area (Å²) in [5.41, 5.74) is 1.66. The van der Waals surface area contributed by atoms with Gasteiger partial charge in [-0.3, -0.25) is 4.79 Å². The summed E-state index contributed by atoms with van der Waals surface area (Å²) in [5.74, 6) is 1.80. The summed E-state index contributed by atoms with van der Waals surface area (Å²) in [6.07, 6.45) is 6.11. The molecule has 2 aliphatic heterocycles. The first-order valence-corrected chi connectivity index (χ1v) is 9.87. The minimum atomic E-state index is 0.0227. The maximum atomic E-state index is 12.8. The van der Waals surface area contributed by atoms with E-state index in [0.29, 0.717) is 18.8 Å². The second-order valence-electron chi connectivity index (χ2n) is 7.54. The molecule has 4 rings (SSSR count). The summed E-state index contributed by atoms with van der Waals surface area (Å²) in [6, 6.07) is 9.84. The lowest BCUT2D eigenvalue weighted by molar-refractivity contribution is 0.0740. The van der Waals surface area contributed by atoms with Crippen LogP contribution in [0.5, 0.6) is 0 Å². The molecule has 0 saturated carbocycles. The van der Waals surface area contributed by atoms with Gasteiger partial charge in [0, 0.05) is 45.5 Å². The lowest BCUT2D eigenvalue weighted by atomic mass is 9.99. The average Bonchev–Trinajstić information content (AvgIpc) is 2.75. The molecule has 0 unspecified atom stereocenters. The summed E-state index contributed by atoms with van der Waals surface area (Å²) in [7, 11) is 0. The average molecular weight is 365 g/mol. The van der Waals surface area contributed by atoms with Gasteiger partial charge in [0.05, 0.1) is 11.9 Å². The monoisotopic (exact) mass is 365 g/mol. The van der Waals surface area contributed by atoms with Gasteiger partial charge in [-0.25, -0.2) is 9.97 Å². The third-order valence-corrected chi connectivity index (χ3v) is 5.66. The second-order valence-corrected chi connectivity index (χ2v) is 7.54. The Morgan fingerprint density at radius 2 is 1.70 bits per heavy atom. The number of pyridine rings is 2. The molecule has 6 nitrogen and oxygen atoms in total. The minimum absolute atomic E-state index is 0.0227. The lowest BCUT2D eigenvalue weighted by Gasteiger charge is -2.35. The van der Waals surface area contributed by atoms with Crippen molar-refractivity contribution in [1.82, 2.24) is 14.9 Å². The van der Waals surface area contributed by atoms with Crippen LogP contribution in [0.3, 0.4) is 0 Å². The number of hydrogen-bond donors (Lipinski definition) is 0. The molecule has 142 valence electrons. The highest BCUT2D eigenvalue weighted by atomic mass is 16.2. The van der Waals surface area contributed by atoms with Crippen molar-refractivity contribution in [1.29, 1.82) is 0 Å². The first-order valence-electron chi connectivity index (χ1n) is 9.87. The fraction of sp³-hybridized carbons (Fsp3) is 0.476. The van der Waals surface area contributed by atoms with E-state index >= 15 is 0 Å². The van der Waals surface area contributed by atoms with Crippen molar-refractivity contribution in [2.75, 3.05) is 49.1 Å². The molecule has 0 radical (unpaired) electrons. The topological polar surface area (TPSA) is 52.6 Å². The summed E-state index contributed by atoms with van der Waals surface area (Å²) >= 11 is 0. The molecule has 4 heterocycles. The van der Waals surface area contributed by atoms with E-state index in [1.54, 1.807) is 6.20 Å². The van der Waals surface area contributed by atoms with E-state index in [0.717, 1.165) is 43.6 Å². The molecule has 0 aliphatic carbocycles. The molecule has 0 aromatic carbocycles. The van der Waals surface area contributed by atoms with Crippen LogP contribution in [-0.2, 0) is 0 Å². The summed E-state index contributed by atoms with van der Waals surface area (Å²) in [5, 5.41) is 0. The zero-order valence-corrected chi connectivity index (χ0v) is 15.9. The quantitative estimate of drug-likeness (QED) is 0.837. The number of piperazine rings is 1. The van der Waals surface area contributed by atoms with Gasteiger partial charge in [-0.1, -0.05) is 13.0 Å². The van der Waals surface area contributed by atoms with Gasteiger partial charge < -0.3 is 14.7 Å². The van der Waals surface area contributed by atoms with E-state index in [4.69, 9.17) is 0 Å². The first-order chi connectivity index (χ1) is 13.2. The highest BCUT2D eigenvalue weighted by molar-refractivity contribution is 5.92. The highest BCUT2D eigenvalue weighted by Crippen LogP contribution is 2.22. The van der Waals surface area contributed by atoms with E-state index in [1.807, 2.05) is 41.4 Å². The number of hydrogen-bond acceptors (Lipinski definition) is 5. The number of carbonyl (C=O) groups excluding carboxylic acids is 1. The van der Waals surface area contributed by atoms with E-state index in [9.17, 15) is 4.79 Å². The third-order valence-electron chi connectivity index (χ3n) is 5.66. The molecule has 2 aliphatic rings. The summed E-state index contributed by atoms with van der Waals surface area (Å²) in [4.78, 5) is 28.1. The lowest BCUT2D eigenvalue weighted by Crippen LogP contribution is -2.49. The third kappa shape index (κ3) is 4.04. The second kappa shape index (κ2) is 7.94. The van der Waals surface area contributed by atoms with Crippen LogP contribution in [0, 0.1) is 5.92 Å². The van der Waals surface area contributed by atoms with Gasteiger partial charge in [-0.2, -0.15) is 0 Å². The Labute approximate surface area is 160 Å². The van der Waals surface area contributed by atoms with Crippen LogP contribution >= 0.6 is 0 Å². The Morgan fingerprint density at radius 3 is 2.33 bits per heavy atom. The molecule has 2 aromatic heterocycles. The van der Waals surface area contributed by atoms with Crippen LogP contribution in [0.1, 0.15) is 30.3 Å². The van der Waals surface area contributed by atoms with Crippen molar-refractivity contribution in [3.8, 4) is 0 Å². The molecule has 27 heavy (non-hydrogen) atoms. The Morgan fingerprint density at radius 1 is 0.926 bits per heavy atom. The van der Waals surface area contributed by atoms with Gasteiger partial charge in [0.25, 0.3) is 5.91 Å². The normalized spacial score (nSPS) is 18.6. The van der Waals surface area contributed by atoms with E-state index < -0.39 is 0 Å². The predicted molar refractivity (Wildman–Crippen MR) is 107 cm³/mol. The Bertz CT molecular complexity index is 748. The zero-order valence-electron chi connectivity index (χ0n) is 15.9. The molecule has 6 heteroatoms. The zero-order chi connectivity index (χ0) is 18.6. The van der Waals surface area contributed by atoms with Crippen molar-refractivity contribution in [3.63, 3.8) is 0 Å². The molecule has 2 fully saturated rings. The Kier molecular flexibility index (Phi) is 5.23. The van der Waals surface area contributed by atoms with Crippen LogP contribution in [0.4, 0.5) is 11.5 Å². The van der Waals surface area contributed by atoms with Gasteiger partial charge >= 0.3 is 0 Å². The Hall–Kier alpha value is -2.63. The minimum Gasteiger partial charge on any atom is -0.370 e. The molecule has 0 N–H and O–H groups in total. The summed E-state index contributed by atoms with van der Waals surface area (Å²) < 4.78 is 0. The number of nitrogens with zero attached hydrogens (tertiary/aromatic N) is 5. The van der Waals surface area contributed by atoms with E-state index in [2.05, 4.69) is 26.7 Å². The number of anilines is 2. The van der Waals surface area contributed by atoms with Gasteiger partial charge in [0.2, 0.25) is 0 Å². The SMILES string of the molecule is CC1CCN(c2ccc(C(=O)N3CCN(c4ccccn4)CC3)nc2)CC1. The van der Waals surface area contributed by atoms with Gasteiger partial charge in [0.15, 0.2) is 0 Å². The highest BCUT2D eigenvalue weighted by Gasteiger charge is 2.24. The van der Waals surface area contributed by atoms with Crippen molar-refractivity contribution >= 4 is 17.4 Å². The molecule has 0 spiro atoms. The van der Waals surface area contributed by atoms with Crippen LogP contribution < -0.4 is 9.80 Å². The Balaban J connectivity index is 1.35. The van der Waals surface area contributed by atoms with Gasteiger partial charge in [0.1, 0.15) is 11.5 Å². The smallest absolute Gasteiger partial charge is 0.272 e. The van der Waals surface area contributed by atoms with Crippen LogP contribution in [-0.4, -0.2) is 60.0 Å². The fourth-order valence-electron chi connectivity index (χ4n) is 3.81. The standard InChI is InChI=1S/C21H27N5O/c1-17-7-10-24(11-8-17)18-5-6-19(23-16-18)21(27)26-14-12-25(13-15-26)20-4-2-3-9-22-20/h2-6,9,16-17H,7-8,10-15H2,1H3. The fourth-order valence-corrected chi connectivity index (χ4v) is 3.81. The summed E-state index contributed by atoms with van der Waals surface area (Å²) in [6.45, 7) is 7.45. The molecule has 0 atom stereocenters. The maximum Gasteiger partial charge on any atom is 0.272 e. The van der Waals surface area contributed by atoms with Crippen LogP contribution in [0.15, 0.2) is 42.7 Å². The molecular weight excluding hydrogens is 338 g/mol. The number of aromatic nitrogens is 2. The van der Waals surface area contributed by atoms with Crippen LogP contribution in [0.25, 0.3) is 0 Å². The number of rotatable bonds is 3. The number of amides is 1. The molecular formula is C21H27N5O. The van der Waals surface area contributed by atoms with E-state index in [-0.39, 0.29) is 5.91 Å². The predicted octanol–water partition coefficient (Wildman–Crippen LogP) is 2.68. The van der Waals surface area contributed by atoms with E-state index in [1.165, 1.54) is 12.8 Å². The van der Waals surface area contributed by atoms with Crippen LogP contribution in [0.2, 0.25) is 0 Å². The van der Waals surface area contributed by atoms with Crippen molar-refractivity contribution in [3.05, 3.63) is 48.4 Å². The maximum absolute atomic E-state index is 12.8. The molecule has 2 saturated heterocycles. The molecule has 0 bridgehead atoms. The van der Waals surface area contributed by atoms with Gasteiger partial charge in [-0.15, -0.1) is 0 Å². The first kappa shape index (κ1) is 17.8. The number of piperidine rings is 1. The van der Waals surface area contributed by atoms with Crippen molar-refractivity contribution in [2.45, 2.75) is 19.8 Å². The van der Waals surface area contributed by atoms with Crippen molar-refractivity contribution in [2.24, 2.45) is 5.92 Å². The largest absolute Gasteiger partial charge is 0.370 e. The van der Waals surface area contributed by atoms with Gasteiger partial charge in [-0.05, 0) is 43.0 Å². The molecule has 1 amide bonds. The number of carbonyl (C=O) groups is 1. The van der Waals surface area contributed by atoms with Crippen molar-refractivity contribution < 1.29 is 4.79 Å².